The van der Waals surface area contributed by atoms with Gasteiger partial charge in [0.1, 0.15) is 0 Å². The predicted octanol–water partition coefficient (Wildman–Crippen LogP) is 2.24. The summed E-state index contributed by atoms with van der Waals surface area (Å²) in [5.74, 6) is 1.87. The van der Waals surface area contributed by atoms with Crippen LogP contribution in [0.2, 0.25) is 5.02 Å². The Labute approximate surface area is 128 Å². The summed E-state index contributed by atoms with van der Waals surface area (Å²) in [7, 11) is 3.67. The third-order valence-electron chi connectivity index (χ3n) is 2.91. The van der Waals surface area contributed by atoms with Crippen LogP contribution in [0.25, 0.3) is 0 Å². The van der Waals surface area contributed by atoms with Gasteiger partial charge in [0.05, 0.1) is 6.54 Å². The zero-order chi connectivity index (χ0) is 15.2. The van der Waals surface area contributed by atoms with Crippen LogP contribution >= 0.6 is 11.6 Å². The molecule has 7 heteroatoms. The highest BCUT2D eigenvalue weighted by molar-refractivity contribution is 6.31. The summed E-state index contributed by atoms with van der Waals surface area (Å²) in [6.45, 7) is 2.87. The van der Waals surface area contributed by atoms with Gasteiger partial charge >= 0.3 is 0 Å². The van der Waals surface area contributed by atoms with Crippen LogP contribution in [0, 0.1) is 6.92 Å². The van der Waals surface area contributed by atoms with Crippen LogP contribution in [0.3, 0.4) is 0 Å². The van der Waals surface area contributed by atoms with Crippen molar-refractivity contribution in [3.8, 4) is 0 Å². The van der Waals surface area contributed by atoms with Crippen molar-refractivity contribution in [1.82, 2.24) is 20.4 Å². The highest BCUT2D eigenvalue weighted by Gasteiger charge is 2.10. The fourth-order valence-electron chi connectivity index (χ4n) is 1.91. The number of hydrogen-bond acceptors (Lipinski definition) is 4. The maximum absolute atomic E-state index is 6.17. The first-order chi connectivity index (χ1) is 10.1. The number of aromatic nitrogens is 2. The first-order valence-electron chi connectivity index (χ1n) is 6.54. The predicted molar refractivity (Wildman–Crippen MR) is 82.2 cm³/mol. The van der Waals surface area contributed by atoms with Crippen molar-refractivity contribution in [2.24, 2.45) is 4.99 Å². The lowest BCUT2D eigenvalue weighted by molar-refractivity contribution is 0.368. The van der Waals surface area contributed by atoms with Gasteiger partial charge in [-0.1, -0.05) is 35.0 Å². The normalized spacial score (nSPS) is 11.5. The fourth-order valence-corrected chi connectivity index (χ4v) is 2.10. The zero-order valence-corrected chi connectivity index (χ0v) is 13.1. The number of nitrogens with one attached hydrogen (secondary N) is 1. The molecule has 1 N–H and O–H groups in total. The van der Waals surface area contributed by atoms with Crippen molar-refractivity contribution < 1.29 is 4.52 Å². The number of hydrogen-bond donors (Lipinski definition) is 1. The standard InChI is InChI=1S/C14H18ClN5O/c1-10-18-13(21-19-10)8-17-14(16-2)20(3)9-11-6-4-5-7-12(11)15/h4-7H,8-9H2,1-3H3,(H,16,17). The second-order valence-corrected chi connectivity index (χ2v) is 4.99. The molecule has 0 unspecified atom stereocenters. The maximum atomic E-state index is 6.17. The summed E-state index contributed by atoms with van der Waals surface area (Å²) in [6, 6.07) is 7.75. The van der Waals surface area contributed by atoms with Gasteiger partial charge in [0.25, 0.3) is 0 Å². The van der Waals surface area contributed by atoms with Gasteiger partial charge in [-0.15, -0.1) is 0 Å². The first-order valence-corrected chi connectivity index (χ1v) is 6.92. The molecule has 0 fully saturated rings. The van der Waals surface area contributed by atoms with Gasteiger partial charge in [-0.05, 0) is 18.6 Å². The van der Waals surface area contributed by atoms with Crippen LogP contribution < -0.4 is 5.32 Å². The second kappa shape index (κ2) is 7.08. The van der Waals surface area contributed by atoms with E-state index < -0.39 is 0 Å². The molecule has 0 bridgehead atoms. The Kier molecular flexibility index (Phi) is 5.16. The number of halogens is 1. The minimum atomic E-state index is 0.431. The minimum absolute atomic E-state index is 0.431. The average molecular weight is 308 g/mol. The zero-order valence-electron chi connectivity index (χ0n) is 12.3. The lowest BCUT2D eigenvalue weighted by atomic mass is 10.2. The second-order valence-electron chi connectivity index (χ2n) is 4.58. The van der Waals surface area contributed by atoms with Gasteiger partial charge in [-0.3, -0.25) is 4.99 Å². The molecule has 0 aliphatic carbocycles. The summed E-state index contributed by atoms with van der Waals surface area (Å²) in [5, 5.41) is 7.67. The van der Waals surface area contributed by atoms with E-state index in [4.69, 9.17) is 16.1 Å². The Bertz CT molecular complexity index is 625. The Hall–Kier alpha value is -2.08. The Morgan fingerprint density at radius 2 is 2.19 bits per heavy atom. The van der Waals surface area contributed by atoms with E-state index in [-0.39, 0.29) is 0 Å². The van der Waals surface area contributed by atoms with Crippen LogP contribution in [-0.2, 0) is 13.1 Å². The third-order valence-corrected chi connectivity index (χ3v) is 3.27. The molecular weight excluding hydrogens is 290 g/mol. The topological polar surface area (TPSA) is 66.5 Å². The minimum Gasteiger partial charge on any atom is -0.347 e. The van der Waals surface area contributed by atoms with Crippen molar-refractivity contribution in [2.75, 3.05) is 14.1 Å². The molecule has 0 saturated heterocycles. The lowest BCUT2D eigenvalue weighted by Crippen LogP contribution is -2.38. The van der Waals surface area contributed by atoms with E-state index in [1.165, 1.54) is 0 Å². The molecule has 21 heavy (non-hydrogen) atoms. The average Bonchev–Trinajstić information content (AvgIpc) is 2.88. The molecular formula is C14H18ClN5O. The van der Waals surface area contributed by atoms with Gasteiger partial charge in [-0.25, -0.2) is 0 Å². The summed E-state index contributed by atoms with van der Waals surface area (Å²) < 4.78 is 5.06. The Balaban J connectivity index is 1.96. The van der Waals surface area contributed by atoms with E-state index in [2.05, 4.69) is 20.4 Å². The SMILES string of the molecule is CN=C(NCc1nc(C)no1)N(C)Cc1ccccc1Cl. The van der Waals surface area contributed by atoms with Gasteiger partial charge in [-0.2, -0.15) is 4.98 Å². The summed E-state index contributed by atoms with van der Waals surface area (Å²) in [5.41, 5.74) is 1.04. The van der Waals surface area contributed by atoms with Crippen molar-refractivity contribution in [3.63, 3.8) is 0 Å². The molecule has 0 aliphatic rings. The molecule has 0 spiro atoms. The van der Waals surface area contributed by atoms with Crippen LogP contribution in [-0.4, -0.2) is 35.1 Å². The van der Waals surface area contributed by atoms with E-state index in [1.54, 1.807) is 14.0 Å². The van der Waals surface area contributed by atoms with Crippen molar-refractivity contribution in [1.29, 1.82) is 0 Å². The largest absolute Gasteiger partial charge is 0.347 e. The van der Waals surface area contributed by atoms with Gasteiger partial charge in [0.15, 0.2) is 11.8 Å². The molecule has 2 rings (SSSR count). The van der Waals surface area contributed by atoms with Crippen molar-refractivity contribution >= 4 is 17.6 Å². The van der Waals surface area contributed by atoms with Crippen LogP contribution in [0.15, 0.2) is 33.8 Å². The number of rotatable bonds is 4. The van der Waals surface area contributed by atoms with Gasteiger partial charge in [0, 0.05) is 25.7 Å². The molecule has 1 aromatic heterocycles. The summed E-state index contributed by atoms with van der Waals surface area (Å²) in [4.78, 5) is 10.4. The molecule has 2 aromatic rings. The molecule has 6 nitrogen and oxygen atoms in total. The van der Waals surface area contributed by atoms with Crippen LogP contribution in [0.4, 0.5) is 0 Å². The van der Waals surface area contributed by atoms with Crippen molar-refractivity contribution in [2.45, 2.75) is 20.0 Å². The summed E-state index contributed by atoms with van der Waals surface area (Å²) in [6.07, 6.45) is 0. The first kappa shape index (κ1) is 15.3. The highest BCUT2D eigenvalue weighted by Crippen LogP contribution is 2.16. The third kappa shape index (κ3) is 4.19. The summed E-state index contributed by atoms with van der Waals surface area (Å²) >= 11 is 6.17. The van der Waals surface area contributed by atoms with Crippen molar-refractivity contribution in [3.05, 3.63) is 46.6 Å². The van der Waals surface area contributed by atoms with E-state index in [0.717, 1.165) is 16.5 Å². The molecule has 0 aliphatic heterocycles. The molecule has 0 radical (unpaired) electrons. The highest BCUT2D eigenvalue weighted by atomic mass is 35.5. The quantitative estimate of drug-likeness (QED) is 0.693. The smallest absolute Gasteiger partial charge is 0.246 e. The number of guanidine groups is 1. The molecule has 0 amide bonds. The van der Waals surface area contributed by atoms with Crippen LogP contribution in [0.5, 0.6) is 0 Å². The van der Waals surface area contributed by atoms with E-state index >= 15 is 0 Å². The van der Waals surface area contributed by atoms with E-state index in [0.29, 0.717) is 24.8 Å². The monoisotopic (exact) mass is 307 g/mol. The molecule has 0 atom stereocenters. The van der Waals surface area contributed by atoms with Gasteiger partial charge in [0.2, 0.25) is 5.89 Å². The number of benzene rings is 1. The van der Waals surface area contributed by atoms with E-state index in [9.17, 15) is 0 Å². The number of aryl methyl sites for hydroxylation is 1. The maximum Gasteiger partial charge on any atom is 0.246 e. The fraction of sp³-hybridized carbons (Fsp3) is 0.357. The number of nitrogens with zero attached hydrogens (tertiary/aromatic N) is 4. The Morgan fingerprint density at radius 3 is 2.81 bits per heavy atom. The Morgan fingerprint density at radius 1 is 1.43 bits per heavy atom. The molecule has 112 valence electrons. The molecule has 1 aromatic carbocycles. The van der Waals surface area contributed by atoms with Gasteiger partial charge < -0.3 is 14.7 Å². The molecule has 1 heterocycles. The van der Waals surface area contributed by atoms with E-state index in [1.807, 2.05) is 36.2 Å². The van der Waals surface area contributed by atoms with Crippen LogP contribution in [0.1, 0.15) is 17.3 Å². The lowest BCUT2D eigenvalue weighted by Gasteiger charge is -2.22. The molecule has 0 saturated carbocycles. The number of aliphatic imine (C=N–C) groups is 1.